The Bertz CT molecular complexity index is 756. The van der Waals surface area contributed by atoms with E-state index in [0.717, 1.165) is 22.2 Å². The number of hydrogen-bond acceptors (Lipinski definition) is 4. The first kappa shape index (κ1) is 12.6. The number of para-hydroxylation sites is 1. The Morgan fingerprint density at radius 1 is 1.10 bits per heavy atom. The lowest BCUT2D eigenvalue weighted by Gasteiger charge is -2.11. The maximum absolute atomic E-state index is 5.96. The van der Waals surface area contributed by atoms with Crippen molar-refractivity contribution in [2.45, 2.75) is 13.5 Å². The minimum absolute atomic E-state index is 0.412. The van der Waals surface area contributed by atoms with Gasteiger partial charge in [0, 0.05) is 29.4 Å². The number of pyridine rings is 2. The largest absolute Gasteiger partial charge is 0.453 e. The Kier molecular flexibility index (Phi) is 3.31. The van der Waals surface area contributed by atoms with E-state index < -0.39 is 0 Å². The van der Waals surface area contributed by atoms with Gasteiger partial charge in [-0.1, -0.05) is 18.2 Å². The van der Waals surface area contributed by atoms with Gasteiger partial charge in [-0.25, -0.2) is 4.98 Å². The normalized spacial score (nSPS) is 10.7. The van der Waals surface area contributed by atoms with E-state index in [9.17, 15) is 0 Å². The number of ether oxygens (including phenoxy) is 1. The fourth-order valence-corrected chi connectivity index (χ4v) is 2.09. The van der Waals surface area contributed by atoms with Crippen LogP contribution in [0.25, 0.3) is 10.9 Å². The molecule has 0 aliphatic heterocycles. The Hall–Kier alpha value is -2.46. The zero-order valence-electron chi connectivity index (χ0n) is 11.2. The van der Waals surface area contributed by atoms with Crippen molar-refractivity contribution in [2.75, 3.05) is 0 Å². The highest BCUT2D eigenvalue weighted by molar-refractivity contribution is 5.84. The van der Waals surface area contributed by atoms with Crippen LogP contribution in [0.3, 0.4) is 0 Å². The molecule has 2 aromatic heterocycles. The summed E-state index contributed by atoms with van der Waals surface area (Å²) in [6, 6.07) is 11.8. The second-order valence-corrected chi connectivity index (χ2v) is 4.57. The van der Waals surface area contributed by atoms with Crippen LogP contribution in [-0.4, -0.2) is 9.97 Å². The molecule has 4 nitrogen and oxygen atoms in total. The summed E-state index contributed by atoms with van der Waals surface area (Å²) >= 11 is 0. The van der Waals surface area contributed by atoms with Gasteiger partial charge in [0.1, 0.15) is 11.3 Å². The molecule has 0 aliphatic carbocycles. The van der Waals surface area contributed by atoms with Crippen LogP contribution in [0.5, 0.6) is 11.5 Å². The van der Waals surface area contributed by atoms with Crippen molar-refractivity contribution in [1.82, 2.24) is 9.97 Å². The van der Waals surface area contributed by atoms with Gasteiger partial charge >= 0.3 is 0 Å². The monoisotopic (exact) mass is 265 g/mol. The molecule has 4 heteroatoms. The average molecular weight is 265 g/mol. The summed E-state index contributed by atoms with van der Waals surface area (Å²) in [5.41, 5.74) is 8.44. The minimum Gasteiger partial charge on any atom is -0.453 e. The van der Waals surface area contributed by atoms with Gasteiger partial charge in [0.15, 0.2) is 5.75 Å². The van der Waals surface area contributed by atoms with Crippen molar-refractivity contribution in [2.24, 2.45) is 5.73 Å². The summed E-state index contributed by atoms with van der Waals surface area (Å²) in [5, 5.41) is 1.05. The van der Waals surface area contributed by atoms with E-state index in [1.807, 2.05) is 43.3 Å². The number of fused-ring (bicyclic) bond motifs is 1. The van der Waals surface area contributed by atoms with Crippen molar-refractivity contribution in [3.05, 3.63) is 60.0 Å². The molecule has 0 bridgehead atoms. The summed E-state index contributed by atoms with van der Waals surface area (Å²) in [7, 11) is 0. The molecule has 0 saturated heterocycles. The fourth-order valence-electron chi connectivity index (χ4n) is 2.09. The topological polar surface area (TPSA) is 61.0 Å². The van der Waals surface area contributed by atoms with Crippen molar-refractivity contribution in [3.8, 4) is 11.5 Å². The first-order valence-corrected chi connectivity index (χ1v) is 6.45. The average Bonchev–Trinajstić information content (AvgIpc) is 2.48. The molecule has 0 spiro atoms. The number of hydrogen-bond donors (Lipinski definition) is 1. The molecule has 0 fully saturated rings. The van der Waals surface area contributed by atoms with Crippen LogP contribution < -0.4 is 10.5 Å². The fraction of sp³-hybridized carbons (Fsp3) is 0.125. The van der Waals surface area contributed by atoms with Gasteiger partial charge in [0.25, 0.3) is 0 Å². The number of aromatic nitrogens is 2. The highest BCUT2D eigenvalue weighted by Gasteiger charge is 2.08. The van der Waals surface area contributed by atoms with Crippen LogP contribution >= 0.6 is 0 Å². The molecule has 3 aromatic rings. The molecule has 0 amide bonds. The molecule has 0 aliphatic rings. The van der Waals surface area contributed by atoms with Crippen molar-refractivity contribution in [3.63, 3.8) is 0 Å². The zero-order chi connectivity index (χ0) is 13.9. The van der Waals surface area contributed by atoms with Gasteiger partial charge in [-0.05, 0) is 25.1 Å². The van der Waals surface area contributed by atoms with Gasteiger partial charge in [-0.2, -0.15) is 0 Å². The second kappa shape index (κ2) is 5.27. The molecular weight excluding hydrogens is 250 g/mol. The van der Waals surface area contributed by atoms with Gasteiger partial charge in [0.2, 0.25) is 0 Å². The quantitative estimate of drug-likeness (QED) is 0.790. The standard InChI is InChI=1S/C16H15N3O/c1-11-5-6-12-3-2-4-14(16(12)19-11)20-15-10-18-8-7-13(15)9-17/h2-8,10H,9,17H2,1H3. The Balaban J connectivity index is 2.08. The van der Waals surface area contributed by atoms with Crippen molar-refractivity contribution in [1.29, 1.82) is 0 Å². The number of rotatable bonds is 3. The Morgan fingerprint density at radius 3 is 2.85 bits per heavy atom. The van der Waals surface area contributed by atoms with Gasteiger partial charge < -0.3 is 10.5 Å². The van der Waals surface area contributed by atoms with Crippen LogP contribution in [0.4, 0.5) is 0 Å². The SMILES string of the molecule is Cc1ccc2cccc(Oc3cnccc3CN)c2n1. The summed E-state index contributed by atoms with van der Waals surface area (Å²) in [6.45, 7) is 2.38. The number of nitrogens with zero attached hydrogens (tertiary/aromatic N) is 2. The summed E-state index contributed by atoms with van der Waals surface area (Å²) in [5.74, 6) is 1.39. The first-order chi connectivity index (χ1) is 9.78. The van der Waals surface area contributed by atoms with E-state index in [-0.39, 0.29) is 0 Å². The molecule has 2 N–H and O–H groups in total. The van der Waals surface area contributed by atoms with E-state index in [1.54, 1.807) is 12.4 Å². The van der Waals surface area contributed by atoms with Gasteiger partial charge in [-0.3, -0.25) is 4.98 Å². The molecule has 0 saturated carbocycles. The van der Waals surface area contributed by atoms with Crippen LogP contribution in [0.15, 0.2) is 48.8 Å². The molecular formula is C16H15N3O. The van der Waals surface area contributed by atoms with Crippen LogP contribution in [0, 0.1) is 6.92 Å². The Labute approximate surface area is 117 Å². The maximum Gasteiger partial charge on any atom is 0.153 e. The molecule has 100 valence electrons. The maximum atomic E-state index is 5.96. The summed E-state index contributed by atoms with van der Waals surface area (Å²) in [4.78, 5) is 8.64. The number of nitrogens with two attached hydrogens (primary N) is 1. The molecule has 3 rings (SSSR count). The molecule has 20 heavy (non-hydrogen) atoms. The highest BCUT2D eigenvalue weighted by Crippen LogP contribution is 2.30. The number of aryl methyl sites for hydroxylation is 1. The van der Waals surface area contributed by atoms with E-state index in [2.05, 4.69) is 9.97 Å². The van der Waals surface area contributed by atoms with Crippen molar-refractivity contribution < 1.29 is 4.74 Å². The summed E-state index contributed by atoms with van der Waals surface area (Å²) < 4.78 is 5.96. The molecule has 0 atom stereocenters. The highest BCUT2D eigenvalue weighted by atomic mass is 16.5. The third kappa shape index (κ3) is 2.33. The zero-order valence-corrected chi connectivity index (χ0v) is 11.2. The predicted octanol–water partition coefficient (Wildman–Crippen LogP) is 3.19. The lowest BCUT2D eigenvalue weighted by Crippen LogP contribution is -2.00. The minimum atomic E-state index is 0.412. The lowest BCUT2D eigenvalue weighted by molar-refractivity contribution is 0.478. The van der Waals surface area contributed by atoms with Gasteiger partial charge in [0.05, 0.1) is 6.20 Å². The lowest BCUT2D eigenvalue weighted by atomic mass is 10.2. The third-order valence-electron chi connectivity index (χ3n) is 3.13. The summed E-state index contributed by atoms with van der Waals surface area (Å²) in [6.07, 6.45) is 3.39. The van der Waals surface area contributed by atoms with E-state index in [1.165, 1.54) is 0 Å². The first-order valence-electron chi connectivity index (χ1n) is 6.45. The van der Waals surface area contributed by atoms with Crippen molar-refractivity contribution >= 4 is 10.9 Å². The van der Waals surface area contributed by atoms with E-state index in [0.29, 0.717) is 18.0 Å². The molecule has 1 aromatic carbocycles. The van der Waals surface area contributed by atoms with Gasteiger partial charge in [-0.15, -0.1) is 0 Å². The molecule has 0 unspecified atom stereocenters. The molecule has 0 radical (unpaired) electrons. The number of benzene rings is 1. The van der Waals surface area contributed by atoms with Crippen LogP contribution in [0.1, 0.15) is 11.3 Å². The Morgan fingerprint density at radius 2 is 2.00 bits per heavy atom. The van der Waals surface area contributed by atoms with E-state index in [4.69, 9.17) is 10.5 Å². The third-order valence-corrected chi connectivity index (χ3v) is 3.13. The second-order valence-electron chi connectivity index (χ2n) is 4.57. The van der Waals surface area contributed by atoms with Crippen LogP contribution in [0.2, 0.25) is 0 Å². The smallest absolute Gasteiger partial charge is 0.153 e. The van der Waals surface area contributed by atoms with Crippen LogP contribution in [-0.2, 0) is 6.54 Å². The van der Waals surface area contributed by atoms with E-state index >= 15 is 0 Å². The predicted molar refractivity (Wildman–Crippen MR) is 78.7 cm³/mol. The molecule has 2 heterocycles.